The standard InChI is InChI=1S/C24H46N2.2ClH.Ti/c1-23(2,3)19-13-7-9-15-21(19)25-17-11-12-18-26-22-16-10-8-14-20(22)24(4,5)6;;;/h19-22H,7-18H2,1-6H3;2*1H;/q-2;;;+2/p-2. The number of halogens is 2. The molecule has 0 aliphatic heterocycles. The van der Waals surface area contributed by atoms with Crippen molar-refractivity contribution >= 4 is 18.6 Å². The Morgan fingerprint density at radius 3 is 1.28 bits per heavy atom. The van der Waals surface area contributed by atoms with Gasteiger partial charge in [0.1, 0.15) is 0 Å². The molecule has 2 rings (SSSR count). The second-order valence-electron chi connectivity index (χ2n) is 11.2. The zero-order chi connectivity index (χ0) is 21.9. The van der Waals surface area contributed by atoms with Gasteiger partial charge in [0.15, 0.2) is 0 Å². The van der Waals surface area contributed by atoms with Gasteiger partial charge in [-0.1, -0.05) is 118 Å². The number of nitrogens with zero attached hydrogens (tertiary/aromatic N) is 2. The van der Waals surface area contributed by atoms with Crippen LogP contribution in [0.5, 0.6) is 0 Å². The van der Waals surface area contributed by atoms with Crippen LogP contribution in [-0.4, -0.2) is 25.2 Å². The molecule has 0 saturated heterocycles. The topological polar surface area (TPSA) is 28.2 Å². The quantitative estimate of drug-likeness (QED) is 0.256. The van der Waals surface area contributed by atoms with Gasteiger partial charge in [-0.05, 0) is 10.8 Å². The Balaban J connectivity index is 0.00000132. The molecule has 2 nitrogen and oxygen atoms in total. The third-order valence-electron chi connectivity index (χ3n) is 6.98. The first kappa shape index (κ1) is 28.2. The summed E-state index contributed by atoms with van der Waals surface area (Å²) < 4.78 is 0. The van der Waals surface area contributed by atoms with Gasteiger partial charge in [-0.3, -0.25) is 0 Å². The van der Waals surface area contributed by atoms with Crippen molar-refractivity contribution in [2.75, 3.05) is 13.1 Å². The molecule has 29 heavy (non-hydrogen) atoms. The van der Waals surface area contributed by atoms with Gasteiger partial charge in [0, 0.05) is 0 Å². The van der Waals surface area contributed by atoms with Gasteiger partial charge in [-0.15, -0.1) is 25.2 Å². The van der Waals surface area contributed by atoms with Crippen molar-refractivity contribution in [3.8, 4) is 0 Å². The zero-order valence-electron chi connectivity index (χ0n) is 19.9. The van der Waals surface area contributed by atoms with Crippen LogP contribution in [-0.2, 0) is 17.0 Å². The molecule has 0 radical (unpaired) electrons. The number of hydrogen-bond donors (Lipinski definition) is 0. The van der Waals surface area contributed by atoms with Gasteiger partial charge in [0.05, 0.1) is 0 Å². The van der Waals surface area contributed by atoms with Crippen molar-refractivity contribution < 1.29 is 17.0 Å². The Hall–Kier alpha value is 1.21. The van der Waals surface area contributed by atoms with Crippen LogP contribution in [0.25, 0.3) is 10.6 Å². The molecule has 4 atom stereocenters. The average Bonchev–Trinajstić information content (AvgIpc) is 2.64. The van der Waals surface area contributed by atoms with Gasteiger partial charge in [0.2, 0.25) is 0 Å². The SMILES string of the molecule is CC(C)(C)C1CCCCC1[N-]CCCC[N-]C1CCCCC1C(C)(C)C.[Cl][Ti][Cl]. The molecule has 172 valence electrons. The Morgan fingerprint density at radius 1 is 0.655 bits per heavy atom. The summed E-state index contributed by atoms with van der Waals surface area (Å²) in [4.78, 5) is 0. The molecule has 0 aromatic heterocycles. The normalized spacial score (nSPS) is 28.4. The minimum atomic E-state index is -0.556. The predicted molar refractivity (Wildman–Crippen MR) is 128 cm³/mol. The summed E-state index contributed by atoms with van der Waals surface area (Å²) in [5, 5.41) is 10.3. The maximum atomic E-state index is 5.13. The monoisotopic (exact) mass is 480 g/mol. The van der Waals surface area contributed by atoms with Crippen LogP contribution in [0.15, 0.2) is 0 Å². The predicted octanol–water partition coefficient (Wildman–Crippen LogP) is 9.10. The summed E-state index contributed by atoms with van der Waals surface area (Å²) in [6.07, 6.45) is 13.4. The molecule has 0 N–H and O–H groups in total. The van der Waals surface area contributed by atoms with Crippen molar-refractivity contribution in [3.05, 3.63) is 10.6 Å². The maximum absolute atomic E-state index is 5.13. The molecule has 0 amide bonds. The average molecular weight is 481 g/mol. The molecular formula is C24H46Cl2N2Ti-2. The van der Waals surface area contributed by atoms with Crippen molar-refractivity contribution in [1.29, 1.82) is 0 Å². The van der Waals surface area contributed by atoms with E-state index in [1.807, 2.05) is 0 Å². The first-order valence-corrected chi connectivity index (χ1v) is 16.2. The van der Waals surface area contributed by atoms with Crippen LogP contribution in [0.4, 0.5) is 0 Å². The fourth-order valence-corrected chi connectivity index (χ4v) is 5.42. The van der Waals surface area contributed by atoms with E-state index >= 15 is 0 Å². The molecule has 2 aliphatic rings. The summed E-state index contributed by atoms with van der Waals surface area (Å²) in [7, 11) is 9.78. The van der Waals surface area contributed by atoms with Gasteiger partial charge >= 0.3 is 35.6 Å². The van der Waals surface area contributed by atoms with E-state index in [9.17, 15) is 0 Å². The van der Waals surface area contributed by atoms with Crippen molar-refractivity contribution in [2.24, 2.45) is 22.7 Å². The van der Waals surface area contributed by atoms with Crippen LogP contribution in [0, 0.1) is 22.7 Å². The van der Waals surface area contributed by atoms with Gasteiger partial charge in [-0.2, -0.15) is 0 Å². The van der Waals surface area contributed by atoms with Crippen molar-refractivity contribution in [2.45, 2.75) is 118 Å². The molecule has 0 bridgehead atoms. The van der Waals surface area contributed by atoms with Gasteiger partial charge in [0.25, 0.3) is 0 Å². The fraction of sp³-hybridized carbons (Fsp3) is 1.00. The molecule has 0 aromatic carbocycles. The molecule has 2 aliphatic carbocycles. The number of unbranched alkanes of at least 4 members (excludes halogenated alkanes) is 1. The Bertz CT molecular complexity index is 382. The summed E-state index contributed by atoms with van der Waals surface area (Å²) in [6.45, 7) is 16.5. The molecule has 5 heteroatoms. The second-order valence-corrected chi connectivity index (χ2v) is 13.8. The van der Waals surface area contributed by atoms with Crippen LogP contribution in [0.2, 0.25) is 0 Å². The van der Waals surface area contributed by atoms with E-state index in [0.717, 1.165) is 24.9 Å². The van der Waals surface area contributed by atoms with Gasteiger partial charge < -0.3 is 10.6 Å². The summed E-state index contributed by atoms with van der Waals surface area (Å²) in [5.41, 5.74) is 0.819. The fourth-order valence-electron chi connectivity index (χ4n) is 5.42. The first-order valence-electron chi connectivity index (χ1n) is 11.9. The molecule has 0 spiro atoms. The Labute approximate surface area is 199 Å². The Morgan fingerprint density at radius 2 is 0.966 bits per heavy atom. The summed E-state index contributed by atoms with van der Waals surface area (Å²) >= 11 is -0.556. The summed E-state index contributed by atoms with van der Waals surface area (Å²) in [6, 6.07) is 1.23. The molecule has 0 heterocycles. The van der Waals surface area contributed by atoms with Crippen LogP contribution in [0.1, 0.15) is 106 Å². The molecule has 2 fully saturated rings. The van der Waals surface area contributed by atoms with Crippen LogP contribution < -0.4 is 0 Å². The first-order chi connectivity index (χ1) is 13.6. The van der Waals surface area contributed by atoms with E-state index < -0.39 is 17.0 Å². The number of hydrogen-bond acceptors (Lipinski definition) is 0. The van der Waals surface area contributed by atoms with Crippen LogP contribution >= 0.6 is 18.6 Å². The van der Waals surface area contributed by atoms with Gasteiger partial charge in [-0.25, -0.2) is 0 Å². The third kappa shape index (κ3) is 11.1. The molecule has 4 unspecified atom stereocenters. The third-order valence-corrected chi connectivity index (χ3v) is 6.98. The second kappa shape index (κ2) is 14.4. The molecule has 0 aromatic rings. The van der Waals surface area contributed by atoms with Crippen molar-refractivity contribution in [1.82, 2.24) is 0 Å². The Kier molecular flexibility index (Phi) is 14.0. The molecule has 2 saturated carbocycles. The van der Waals surface area contributed by atoms with Crippen LogP contribution in [0.3, 0.4) is 0 Å². The summed E-state index contributed by atoms with van der Waals surface area (Å²) in [5.74, 6) is 1.58. The molecular weight excluding hydrogens is 435 g/mol. The van der Waals surface area contributed by atoms with E-state index in [1.165, 1.54) is 64.2 Å². The zero-order valence-corrected chi connectivity index (χ0v) is 23.0. The van der Waals surface area contributed by atoms with E-state index in [0.29, 0.717) is 22.9 Å². The van der Waals surface area contributed by atoms with E-state index in [-0.39, 0.29) is 0 Å². The van der Waals surface area contributed by atoms with Crippen molar-refractivity contribution in [3.63, 3.8) is 0 Å². The van der Waals surface area contributed by atoms with E-state index in [2.05, 4.69) is 41.5 Å². The minimum absolute atomic E-state index is 0.410. The number of rotatable bonds is 7. The van der Waals surface area contributed by atoms with E-state index in [4.69, 9.17) is 29.2 Å². The van der Waals surface area contributed by atoms with E-state index in [1.54, 1.807) is 0 Å².